The van der Waals surface area contributed by atoms with Crippen LogP contribution in [0.25, 0.3) is 11.3 Å². The highest BCUT2D eigenvalue weighted by atomic mass is 35.5. The Labute approximate surface area is 251 Å². The topological polar surface area (TPSA) is 69.2 Å². The lowest BCUT2D eigenvalue weighted by atomic mass is 9.93. The second-order valence-corrected chi connectivity index (χ2v) is 12.6. The third kappa shape index (κ3) is 5.12. The normalized spacial score (nSPS) is 24.2. The van der Waals surface area contributed by atoms with Crippen LogP contribution in [0.4, 0.5) is 23.4 Å². The van der Waals surface area contributed by atoms with E-state index in [0.717, 1.165) is 0 Å². The number of hydrogen-bond donors (Lipinski definition) is 0. The van der Waals surface area contributed by atoms with Crippen molar-refractivity contribution in [1.82, 2.24) is 19.7 Å². The van der Waals surface area contributed by atoms with Crippen molar-refractivity contribution in [3.63, 3.8) is 0 Å². The number of halogens is 5. The number of aromatic nitrogens is 1. The minimum Gasteiger partial charge on any atom is -0.489 e. The molecule has 4 aliphatic rings. The predicted octanol–water partition coefficient (Wildman–Crippen LogP) is 4.62. The van der Waals surface area contributed by atoms with Crippen LogP contribution in [-0.2, 0) is 4.79 Å². The number of ether oxygens (including phenoxy) is 1. The number of carbonyl (C=O) groups is 2. The SMILES string of the molecule is C=CC(=O)N1CCN2C(=O)c3c(N4C[C@@H](N5CC(C(F)(F)F)C5)CC4(C)C)nc(-c4ccccc4F)c(Cl)c3OC[C@H]2C1. The molecule has 0 unspecified atom stereocenters. The number of benzene rings is 1. The first-order chi connectivity index (χ1) is 20.3. The molecule has 0 aliphatic carbocycles. The van der Waals surface area contributed by atoms with Crippen molar-refractivity contribution in [1.29, 1.82) is 0 Å². The number of piperazine rings is 1. The van der Waals surface area contributed by atoms with Crippen LogP contribution in [0.15, 0.2) is 36.9 Å². The van der Waals surface area contributed by atoms with Gasteiger partial charge in [-0.15, -0.1) is 0 Å². The molecule has 13 heteroatoms. The summed E-state index contributed by atoms with van der Waals surface area (Å²) in [6.45, 7) is 8.43. The van der Waals surface area contributed by atoms with E-state index in [4.69, 9.17) is 21.3 Å². The lowest BCUT2D eigenvalue weighted by molar-refractivity contribution is -0.213. The number of pyridine rings is 1. The van der Waals surface area contributed by atoms with Crippen molar-refractivity contribution in [2.75, 3.05) is 50.8 Å². The van der Waals surface area contributed by atoms with E-state index in [0.29, 0.717) is 19.5 Å². The highest BCUT2D eigenvalue weighted by molar-refractivity contribution is 6.35. The summed E-state index contributed by atoms with van der Waals surface area (Å²) in [5.41, 5.74) is -0.260. The van der Waals surface area contributed by atoms with Gasteiger partial charge in [-0.25, -0.2) is 9.37 Å². The standard InChI is InChI=1S/C30H32ClF4N5O3/c1-4-22(41)37-9-10-39-19(14-37)16-43-26-23(28(39)42)27(36-25(24(26)31)20-7-5-6-8-21(20)32)40-15-18(11-29(40,2)3)38-12-17(13-38)30(33,34)35/h4-8,17-19H,1,9-16H2,2-3H3/t18-,19+/m0/s1. The van der Waals surface area contributed by atoms with Gasteiger partial charge in [0.1, 0.15) is 28.8 Å². The Morgan fingerprint density at radius 2 is 1.86 bits per heavy atom. The molecule has 230 valence electrons. The van der Waals surface area contributed by atoms with Crippen molar-refractivity contribution in [2.45, 2.75) is 44.1 Å². The van der Waals surface area contributed by atoms with E-state index >= 15 is 4.39 Å². The molecule has 1 aromatic carbocycles. The largest absolute Gasteiger partial charge is 0.489 e. The summed E-state index contributed by atoms with van der Waals surface area (Å²) in [4.78, 5) is 38.4. The molecule has 43 heavy (non-hydrogen) atoms. The molecular weight excluding hydrogens is 590 g/mol. The van der Waals surface area contributed by atoms with Crippen molar-refractivity contribution in [3.05, 3.63) is 53.3 Å². The van der Waals surface area contributed by atoms with Crippen LogP contribution >= 0.6 is 11.6 Å². The van der Waals surface area contributed by atoms with Crippen molar-refractivity contribution >= 4 is 29.2 Å². The maximum absolute atomic E-state index is 15.1. The van der Waals surface area contributed by atoms with E-state index in [-0.39, 0.29) is 84.1 Å². The second kappa shape index (κ2) is 10.7. The fourth-order valence-electron chi connectivity index (χ4n) is 6.65. The van der Waals surface area contributed by atoms with Gasteiger partial charge in [0.2, 0.25) is 5.91 Å². The van der Waals surface area contributed by atoms with E-state index in [1.807, 2.05) is 23.6 Å². The maximum Gasteiger partial charge on any atom is 0.394 e. The summed E-state index contributed by atoms with van der Waals surface area (Å²) >= 11 is 6.85. The van der Waals surface area contributed by atoms with Gasteiger partial charge >= 0.3 is 6.18 Å². The Morgan fingerprint density at radius 3 is 2.53 bits per heavy atom. The molecule has 0 bridgehead atoms. The van der Waals surface area contributed by atoms with Gasteiger partial charge < -0.3 is 19.4 Å². The molecule has 3 saturated heterocycles. The molecule has 2 atom stereocenters. The van der Waals surface area contributed by atoms with Crippen LogP contribution in [0, 0.1) is 11.7 Å². The van der Waals surface area contributed by atoms with Gasteiger partial charge in [-0.2, -0.15) is 13.2 Å². The van der Waals surface area contributed by atoms with E-state index in [1.165, 1.54) is 18.2 Å². The Kier molecular flexibility index (Phi) is 7.36. The number of alkyl halides is 3. The van der Waals surface area contributed by atoms with Crippen LogP contribution in [0.1, 0.15) is 30.6 Å². The maximum atomic E-state index is 15.1. The zero-order valence-electron chi connectivity index (χ0n) is 23.8. The Bertz CT molecular complexity index is 1480. The number of likely N-dealkylation sites (tertiary alicyclic amines) is 1. The molecule has 4 aliphatic heterocycles. The molecular formula is C30H32ClF4N5O3. The Balaban J connectivity index is 1.42. The van der Waals surface area contributed by atoms with Crippen LogP contribution < -0.4 is 9.64 Å². The molecule has 2 aromatic rings. The minimum absolute atomic E-state index is 0.0135. The fraction of sp³-hybridized carbons (Fsp3) is 0.500. The Hall–Kier alpha value is -3.38. The molecule has 5 heterocycles. The number of anilines is 1. The lowest BCUT2D eigenvalue weighted by Gasteiger charge is -2.43. The van der Waals surface area contributed by atoms with Gasteiger partial charge in [0.25, 0.3) is 5.91 Å². The number of rotatable bonds is 4. The highest BCUT2D eigenvalue weighted by Gasteiger charge is 2.53. The minimum atomic E-state index is -4.24. The molecule has 2 amide bonds. The molecule has 8 nitrogen and oxygen atoms in total. The smallest absolute Gasteiger partial charge is 0.394 e. The van der Waals surface area contributed by atoms with Crippen LogP contribution in [0.3, 0.4) is 0 Å². The van der Waals surface area contributed by atoms with Crippen LogP contribution in [0.2, 0.25) is 5.02 Å². The third-order valence-corrected chi connectivity index (χ3v) is 9.42. The molecule has 0 saturated carbocycles. The zero-order chi connectivity index (χ0) is 30.8. The van der Waals surface area contributed by atoms with Crippen molar-refractivity contribution in [3.8, 4) is 17.0 Å². The van der Waals surface area contributed by atoms with Gasteiger partial charge in [-0.05, 0) is 38.5 Å². The third-order valence-electron chi connectivity index (χ3n) is 9.07. The number of carbonyl (C=O) groups excluding carboxylic acids is 2. The molecule has 0 spiro atoms. The average Bonchev–Trinajstić information content (AvgIpc) is 3.15. The summed E-state index contributed by atoms with van der Waals surface area (Å²) in [6.07, 6.45) is -2.48. The molecule has 1 aromatic heterocycles. The number of hydrogen-bond acceptors (Lipinski definition) is 6. The predicted molar refractivity (Wildman–Crippen MR) is 153 cm³/mol. The van der Waals surface area contributed by atoms with Crippen LogP contribution in [0.5, 0.6) is 5.75 Å². The average molecular weight is 622 g/mol. The Morgan fingerprint density at radius 1 is 1.14 bits per heavy atom. The van der Waals surface area contributed by atoms with E-state index in [1.54, 1.807) is 21.9 Å². The van der Waals surface area contributed by atoms with Crippen molar-refractivity contribution < 1.29 is 31.9 Å². The summed E-state index contributed by atoms with van der Waals surface area (Å²) < 4.78 is 61.1. The molecule has 0 radical (unpaired) electrons. The zero-order valence-corrected chi connectivity index (χ0v) is 24.6. The van der Waals surface area contributed by atoms with Gasteiger partial charge in [-0.1, -0.05) is 30.3 Å². The monoisotopic (exact) mass is 621 g/mol. The summed E-state index contributed by atoms with van der Waals surface area (Å²) in [6, 6.07) is 5.33. The summed E-state index contributed by atoms with van der Waals surface area (Å²) in [5, 5.41) is -0.0135. The highest BCUT2D eigenvalue weighted by Crippen LogP contribution is 2.48. The van der Waals surface area contributed by atoms with E-state index < -0.39 is 29.5 Å². The summed E-state index contributed by atoms with van der Waals surface area (Å²) in [7, 11) is 0. The molecule has 0 N–H and O–H groups in total. The summed E-state index contributed by atoms with van der Waals surface area (Å²) in [5.74, 6) is -2.23. The van der Waals surface area contributed by atoms with E-state index in [9.17, 15) is 22.8 Å². The number of amides is 2. The molecule has 6 rings (SSSR count). The first kappa shape index (κ1) is 29.7. The number of fused-ring (bicyclic) bond motifs is 2. The molecule has 3 fully saturated rings. The first-order valence-corrected chi connectivity index (χ1v) is 14.6. The first-order valence-electron chi connectivity index (χ1n) is 14.2. The number of nitrogens with zero attached hydrogens (tertiary/aromatic N) is 5. The van der Waals surface area contributed by atoms with E-state index in [2.05, 4.69) is 6.58 Å². The van der Waals surface area contributed by atoms with Gasteiger partial charge in [0, 0.05) is 56.4 Å². The van der Waals surface area contributed by atoms with Crippen molar-refractivity contribution in [2.24, 2.45) is 5.92 Å². The van der Waals surface area contributed by atoms with Gasteiger partial charge in [-0.3, -0.25) is 14.5 Å². The van der Waals surface area contributed by atoms with Crippen LogP contribution in [-0.4, -0.2) is 101 Å². The second-order valence-electron chi connectivity index (χ2n) is 12.2. The lowest BCUT2D eigenvalue weighted by Crippen LogP contribution is -2.57. The fourth-order valence-corrected chi connectivity index (χ4v) is 6.94. The quantitative estimate of drug-likeness (QED) is 0.367. The van der Waals surface area contributed by atoms with Gasteiger partial charge in [0.05, 0.1) is 17.7 Å². The van der Waals surface area contributed by atoms with Gasteiger partial charge in [0.15, 0.2) is 5.75 Å².